The Hall–Kier alpha value is -0.990. The number of hydrogen-bond acceptors (Lipinski definition) is 5. The van der Waals surface area contributed by atoms with E-state index in [9.17, 15) is 14.7 Å². The molecule has 0 unspecified atom stereocenters. The Bertz CT molecular complexity index is 843. The van der Waals surface area contributed by atoms with Gasteiger partial charge in [-0.05, 0) is 47.4 Å². The molecule has 1 aliphatic heterocycles. The summed E-state index contributed by atoms with van der Waals surface area (Å²) in [6, 6.07) is 2.97. The van der Waals surface area contributed by atoms with Crippen molar-refractivity contribution >= 4 is 56.6 Å². The molecule has 1 aliphatic rings. The Labute approximate surface area is 164 Å². The number of aromatic nitrogens is 2. The fourth-order valence-corrected chi connectivity index (χ4v) is 3.40. The van der Waals surface area contributed by atoms with Gasteiger partial charge in [-0.25, -0.2) is 4.98 Å². The molecule has 2 N–H and O–H groups in total. The standard InChI is InChI=1S/C16H17BrClN3O3.ClH/c17-11-6-13-10(5-12(11)18)16(24)21(8-20-13)7-9(22)4-14-15(23)2-1-3-19-14;/h5-6,8,14-15,19,23H,1-4,7H2;1H/t14-,15+;/m0./s1/i8+1,20+1,21+1;. The van der Waals surface area contributed by atoms with Crippen LogP contribution in [0.1, 0.15) is 19.3 Å². The van der Waals surface area contributed by atoms with Crippen molar-refractivity contribution in [3.05, 3.63) is 38.3 Å². The van der Waals surface area contributed by atoms with Crippen molar-refractivity contribution in [3.8, 4) is 0 Å². The lowest BCUT2D eigenvalue weighted by molar-refractivity contribution is -0.121. The number of hydrogen-bond donors (Lipinski definition) is 2. The van der Waals surface area contributed by atoms with Gasteiger partial charge < -0.3 is 10.4 Å². The highest BCUT2D eigenvalue weighted by Crippen LogP contribution is 2.25. The summed E-state index contributed by atoms with van der Waals surface area (Å²) in [5.41, 5.74) is 0.212. The predicted octanol–water partition coefficient (Wildman–Crippen LogP) is 2.31. The molecule has 9 heteroatoms. The highest BCUT2D eigenvalue weighted by Gasteiger charge is 2.25. The van der Waals surface area contributed by atoms with Gasteiger partial charge in [-0.2, -0.15) is 0 Å². The summed E-state index contributed by atoms with van der Waals surface area (Å²) in [5, 5.41) is 13.9. The van der Waals surface area contributed by atoms with Crippen LogP contribution in [0.5, 0.6) is 0 Å². The molecule has 0 amide bonds. The van der Waals surface area contributed by atoms with Crippen LogP contribution in [0.2, 0.25) is 5.02 Å². The van der Waals surface area contributed by atoms with Gasteiger partial charge in [0.15, 0.2) is 5.78 Å². The second-order valence-electron chi connectivity index (χ2n) is 5.97. The minimum atomic E-state index is -0.523. The van der Waals surface area contributed by atoms with E-state index in [0.717, 1.165) is 13.0 Å². The highest BCUT2D eigenvalue weighted by atomic mass is 79.9. The Kier molecular flexibility index (Phi) is 6.99. The van der Waals surface area contributed by atoms with Gasteiger partial charge >= 0.3 is 0 Å². The summed E-state index contributed by atoms with van der Waals surface area (Å²) in [7, 11) is 0. The third kappa shape index (κ3) is 4.60. The van der Waals surface area contributed by atoms with Crippen LogP contribution in [0.25, 0.3) is 10.9 Å². The molecule has 6 nitrogen and oxygen atoms in total. The smallest absolute Gasteiger partial charge is 0.261 e. The van der Waals surface area contributed by atoms with E-state index < -0.39 is 6.10 Å². The SMILES string of the molecule is Cl.O=C(C[C@@H]1NCCC[C@H]1O)C[15n]1[13cH][15n]c2cc(Br)c(Cl)cc2c1=O. The van der Waals surface area contributed by atoms with E-state index in [1.54, 1.807) is 12.1 Å². The number of nitrogens with one attached hydrogen (secondary N) is 1. The topological polar surface area (TPSA) is 84.2 Å². The Morgan fingerprint density at radius 1 is 1.48 bits per heavy atom. The predicted molar refractivity (Wildman–Crippen MR) is 103 cm³/mol. The third-order valence-electron chi connectivity index (χ3n) is 4.21. The van der Waals surface area contributed by atoms with Crippen molar-refractivity contribution in [1.82, 2.24) is 14.9 Å². The van der Waals surface area contributed by atoms with Crippen LogP contribution in [0, 0.1) is 0 Å². The van der Waals surface area contributed by atoms with Gasteiger partial charge in [-0.3, -0.25) is 14.2 Å². The van der Waals surface area contributed by atoms with Gasteiger partial charge in [0, 0.05) is 16.9 Å². The lowest BCUT2D eigenvalue weighted by Gasteiger charge is -2.28. The number of nitrogens with zero attached hydrogens (tertiary/aromatic N) is 2. The van der Waals surface area contributed by atoms with Crippen LogP contribution >= 0.6 is 39.9 Å². The largest absolute Gasteiger partial charge is 0.391 e. The fraction of sp³-hybridized carbons (Fsp3) is 0.438. The summed E-state index contributed by atoms with van der Waals surface area (Å²) in [4.78, 5) is 29.0. The maximum absolute atomic E-state index is 12.5. The second kappa shape index (κ2) is 8.60. The van der Waals surface area contributed by atoms with Crippen LogP contribution in [0.15, 0.2) is 27.7 Å². The van der Waals surface area contributed by atoms with Crippen molar-refractivity contribution in [2.75, 3.05) is 6.54 Å². The van der Waals surface area contributed by atoms with E-state index in [1.165, 1.54) is 10.9 Å². The zero-order valence-corrected chi connectivity index (χ0v) is 16.4. The molecule has 2 aromatic rings. The molecule has 1 aromatic heterocycles. The number of piperidine rings is 1. The van der Waals surface area contributed by atoms with Crippen LogP contribution < -0.4 is 10.9 Å². The zero-order valence-electron chi connectivity index (χ0n) is 13.2. The van der Waals surface area contributed by atoms with E-state index >= 15 is 0 Å². The Morgan fingerprint density at radius 3 is 2.96 bits per heavy atom. The van der Waals surface area contributed by atoms with E-state index in [0.29, 0.717) is 26.8 Å². The number of Topliss-reactive ketones (excluding diaryl/α,β-unsaturated/α-hetero) is 1. The normalized spacial score (nSPS) is 20.3. The van der Waals surface area contributed by atoms with Gasteiger partial charge in [0.25, 0.3) is 5.56 Å². The molecule has 25 heavy (non-hydrogen) atoms. The van der Waals surface area contributed by atoms with Crippen molar-refractivity contribution in [3.63, 3.8) is 0 Å². The first kappa shape index (κ1) is 20.3. The maximum atomic E-state index is 12.5. The number of ketones is 1. The van der Waals surface area contributed by atoms with Gasteiger partial charge in [0.05, 0.1) is 34.9 Å². The minimum Gasteiger partial charge on any atom is -0.391 e. The summed E-state index contributed by atoms with van der Waals surface area (Å²) in [6.07, 6.45) is 2.62. The van der Waals surface area contributed by atoms with Gasteiger partial charge in [-0.1, -0.05) is 11.6 Å². The van der Waals surface area contributed by atoms with Crippen molar-refractivity contribution in [1.29, 1.82) is 0 Å². The summed E-state index contributed by atoms with van der Waals surface area (Å²) < 4.78 is 1.94. The molecule has 2 atom stereocenters. The van der Waals surface area contributed by atoms with E-state index in [1.807, 2.05) is 0 Å². The fourth-order valence-electron chi connectivity index (χ4n) is 2.91. The van der Waals surface area contributed by atoms with Crippen LogP contribution in [0.4, 0.5) is 0 Å². The molecule has 0 aliphatic carbocycles. The van der Waals surface area contributed by atoms with Crippen LogP contribution in [-0.4, -0.2) is 39.1 Å². The third-order valence-corrected chi connectivity index (χ3v) is 5.41. The van der Waals surface area contributed by atoms with E-state index in [-0.39, 0.29) is 42.8 Å². The van der Waals surface area contributed by atoms with Crippen molar-refractivity contribution in [2.45, 2.75) is 38.0 Å². The maximum Gasteiger partial charge on any atom is 0.261 e. The first-order valence-corrected chi connectivity index (χ1v) is 8.90. The lowest BCUT2D eigenvalue weighted by atomic mass is 9.97. The monoisotopic (exact) mass is 452 g/mol. The highest BCUT2D eigenvalue weighted by molar-refractivity contribution is 9.10. The lowest BCUT2D eigenvalue weighted by Crippen LogP contribution is -2.46. The number of carbonyl (C=O) groups excluding carboxylic acids is 1. The summed E-state index contributed by atoms with van der Waals surface area (Å²) in [5.74, 6) is -0.125. The molecule has 0 saturated carbocycles. The molecule has 1 fully saturated rings. The molecule has 1 saturated heterocycles. The molecule has 0 bridgehead atoms. The van der Waals surface area contributed by atoms with Crippen LogP contribution in [0.3, 0.4) is 0 Å². The average Bonchev–Trinajstić information content (AvgIpc) is 2.54. The van der Waals surface area contributed by atoms with E-state index in [4.69, 9.17) is 11.6 Å². The van der Waals surface area contributed by atoms with Gasteiger partial charge in [0.1, 0.15) is 0 Å². The quantitative estimate of drug-likeness (QED) is 0.741. The first-order chi connectivity index (χ1) is 11.5. The molecular weight excluding hydrogens is 436 g/mol. The average molecular weight is 454 g/mol. The summed E-state index contributed by atoms with van der Waals surface area (Å²) >= 11 is 9.33. The van der Waals surface area contributed by atoms with E-state index in [2.05, 4.69) is 26.2 Å². The molecule has 0 spiro atoms. The van der Waals surface area contributed by atoms with Gasteiger partial charge in [0.2, 0.25) is 0 Å². The molecular formula is C16H18BrCl2N3O3. The Morgan fingerprint density at radius 2 is 2.24 bits per heavy atom. The number of aliphatic hydroxyl groups is 1. The number of fused-ring (bicyclic) bond motifs is 1. The van der Waals surface area contributed by atoms with Crippen LogP contribution in [-0.2, 0) is 11.3 Å². The number of benzene rings is 1. The number of aliphatic hydroxyl groups excluding tert-OH is 1. The number of carbonyl (C=O) groups is 1. The second-order valence-corrected chi connectivity index (χ2v) is 7.24. The van der Waals surface area contributed by atoms with Crippen molar-refractivity contribution in [2.24, 2.45) is 0 Å². The van der Waals surface area contributed by atoms with Gasteiger partial charge in [-0.15, -0.1) is 12.4 Å². The van der Waals surface area contributed by atoms with Crippen molar-refractivity contribution < 1.29 is 9.90 Å². The first-order valence-electron chi connectivity index (χ1n) is 7.73. The molecule has 136 valence electrons. The number of rotatable bonds is 4. The minimum absolute atomic E-state index is 0. The summed E-state index contributed by atoms with van der Waals surface area (Å²) in [6.45, 7) is 0.722. The zero-order chi connectivity index (χ0) is 17.3. The molecule has 2 heterocycles. The number of halogens is 3. The molecule has 0 radical (unpaired) electrons. The molecule has 3 rings (SSSR count). The molecule has 1 aromatic carbocycles. The Balaban J connectivity index is 0.00000225.